The van der Waals surface area contributed by atoms with Crippen molar-refractivity contribution in [3.05, 3.63) is 47.1 Å². The maximum absolute atomic E-state index is 9.53. The molecule has 1 aliphatic rings. The zero-order valence-electron chi connectivity index (χ0n) is 10.3. The van der Waals surface area contributed by atoms with Crippen LogP contribution in [0.3, 0.4) is 0 Å². The van der Waals surface area contributed by atoms with E-state index in [1.54, 1.807) is 0 Å². The molecule has 0 saturated heterocycles. The van der Waals surface area contributed by atoms with Crippen molar-refractivity contribution < 1.29 is 9.63 Å². The van der Waals surface area contributed by atoms with Crippen LogP contribution in [0.1, 0.15) is 35.2 Å². The molecule has 2 unspecified atom stereocenters. The molecular weight excluding hydrogens is 242 g/mol. The van der Waals surface area contributed by atoms with Crippen molar-refractivity contribution in [2.24, 2.45) is 0 Å². The van der Waals surface area contributed by atoms with E-state index in [9.17, 15) is 5.11 Å². The summed E-state index contributed by atoms with van der Waals surface area (Å²) in [5.41, 5.74) is 2.57. The number of benzene rings is 1. The summed E-state index contributed by atoms with van der Waals surface area (Å²) in [5, 5.41) is 22.0. The molecule has 0 saturated carbocycles. The van der Waals surface area contributed by atoms with Crippen LogP contribution in [-0.4, -0.2) is 21.4 Å². The Labute approximate surface area is 110 Å². The van der Waals surface area contributed by atoms with Crippen molar-refractivity contribution in [2.75, 3.05) is 0 Å². The fourth-order valence-corrected chi connectivity index (χ4v) is 2.36. The molecule has 1 aromatic carbocycles. The average Bonchev–Trinajstić information content (AvgIpc) is 2.79. The number of hydrogen-bond donors (Lipinski definition) is 1. The summed E-state index contributed by atoms with van der Waals surface area (Å²) in [6.07, 6.45) is 0.487. The molecule has 1 aromatic heterocycles. The highest BCUT2D eigenvalue weighted by Gasteiger charge is 2.31. The van der Waals surface area contributed by atoms with E-state index in [2.05, 4.69) is 22.3 Å². The number of nitrogens with zero attached hydrogens (tertiary/aromatic N) is 3. The van der Waals surface area contributed by atoms with Crippen molar-refractivity contribution in [1.82, 2.24) is 10.1 Å². The normalized spacial score (nSPS) is 18.2. The van der Waals surface area contributed by atoms with Crippen LogP contribution in [0.4, 0.5) is 0 Å². The van der Waals surface area contributed by atoms with Gasteiger partial charge in [0, 0.05) is 0 Å². The van der Waals surface area contributed by atoms with E-state index in [4.69, 9.17) is 9.78 Å². The lowest BCUT2D eigenvalue weighted by molar-refractivity contribution is 0.167. The zero-order valence-corrected chi connectivity index (χ0v) is 10.3. The van der Waals surface area contributed by atoms with Gasteiger partial charge in [0.05, 0.1) is 30.9 Å². The number of aliphatic hydroxyl groups is 1. The molecule has 1 heterocycles. The standard InChI is InChI=1S/C14H13N3O2/c15-6-5-10(18)8-13-16-14(17-19-13)12-7-9-3-1-2-4-11(9)12/h1-4,10,12,18H,5,7-8H2. The molecule has 3 rings (SSSR count). The number of aromatic nitrogens is 2. The molecule has 2 aromatic rings. The van der Waals surface area contributed by atoms with Crippen LogP contribution in [0.15, 0.2) is 28.8 Å². The molecule has 2 atom stereocenters. The van der Waals surface area contributed by atoms with Gasteiger partial charge in [0.15, 0.2) is 5.82 Å². The molecule has 1 aliphatic carbocycles. The first kappa shape index (κ1) is 11.9. The minimum atomic E-state index is -0.744. The number of fused-ring (bicyclic) bond motifs is 1. The highest BCUT2D eigenvalue weighted by molar-refractivity contribution is 5.43. The van der Waals surface area contributed by atoms with Crippen molar-refractivity contribution in [1.29, 1.82) is 5.26 Å². The minimum Gasteiger partial charge on any atom is -0.392 e. The Balaban J connectivity index is 1.72. The van der Waals surface area contributed by atoms with E-state index in [0.29, 0.717) is 11.7 Å². The lowest BCUT2D eigenvalue weighted by Gasteiger charge is -2.27. The number of hydrogen-bond acceptors (Lipinski definition) is 5. The molecule has 1 N–H and O–H groups in total. The summed E-state index contributed by atoms with van der Waals surface area (Å²) >= 11 is 0. The lowest BCUT2D eigenvalue weighted by atomic mass is 9.77. The van der Waals surface area contributed by atoms with Crippen LogP contribution >= 0.6 is 0 Å². The predicted molar refractivity (Wildman–Crippen MR) is 66.2 cm³/mol. The number of rotatable bonds is 4. The van der Waals surface area contributed by atoms with Crippen LogP contribution < -0.4 is 0 Å². The van der Waals surface area contributed by atoms with Crippen LogP contribution in [0.2, 0.25) is 0 Å². The van der Waals surface area contributed by atoms with Crippen LogP contribution in [0.5, 0.6) is 0 Å². The molecule has 5 heteroatoms. The fraction of sp³-hybridized carbons (Fsp3) is 0.357. The first-order chi connectivity index (χ1) is 9.28. The Hall–Kier alpha value is -2.19. The van der Waals surface area contributed by atoms with E-state index < -0.39 is 6.10 Å². The quantitative estimate of drug-likeness (QED) is 0.896. The van der Waals surface area contributed by atoms with Crippen LogP contribution in [0, 0.1) is 11.3 Å². The topological polar surface area (TPSA) is 82.9 Å². The smallest absolute Gasteiger partial charge is 0.229 e. The van der Waals surface area contributed by atoms with Gasteiger partial charge >= 0.3 is 0 Å². The third kappa shape index (κ3) is 2.23. The van der Waals surface area contributed by atoms with E-state index >= 15 is 0 Å². The Morgan fingerprint density at radius 2 is 2.32 bits per heavy atom. The first-order valence-corrected chi connectivity index (χ1v) is 6.23. The van der Waals surface area contributed by atoms with Gasteiger partial charge in [0.1, 0.15) is 0 Å². The highest BCUT2D eigenvalue weighted by Crippen LogP contribution is 2.38. The van der Waals surface area contributed by atoms with Crippen molar-refractivity contribution >= 4 is 0 Å². The summed E-state index contributed by atoms with van der Waals surface area (Å²) in [6.45, 7) is 0. The minimum absolute atomic E-state index is 0.0734. The molecule has 0 radical (unpaired) electrons. The predicted octanol–water partition coefficient (Wildman–Crippen LogP) is 1.57. The van der Waals surface area contributed by atoms with Gasteiger partial charge in [-0.05, 0) is 17.5 Å². The summed E-state index contributed by atoms with van der Waals surface area (Å²) in [7, 11) is 0. The third-order valence-electron chi connectivity index (χ3n) is 3.39. The second-order valence-corrected chi connectivity index (χ2v) is 4.72. The van der Waals surface area contributed by atoms with E-state index in [1.807, 2.05) is 18.2 Å². The molecule has 0 amide bonds. The molecule has 0 spiro atoms. The third-order valence-corrected chi connectivity index (χ3v) is 3.39. The van der Waals surface area contributed by atoms with Crippen molar-refractivity contribution in [3.8, 4) is 6.07 Å². The lowest BCUT2D eigenvalue weighted by Crippen LogP contribution is -2.19. The Morgan fingerprint density at radius 1 is 1.47 bits per heavy atom. The van der Waals surface area contributed by atoms with Gasteiger partial charge in [-0.15, -0.1) is 0 Å². The maximum Gasteiger partial charge on any atom is 0.229 e. The van der Waals surface area contributed by atoms with Crippen molar-refractivity contribution in [2.45, 2.75) is 31.3 Å². The monoisotopic (exact) mass is 255 g/mol. The SMILES string of the molecule is N#CCC(O)Cc1nc(C2Cc3ccccc32)no1. The molecule has 0 fully saturated rings. The van der Waals surface area contributed by atoms with Gasteiger partial charge in [0.25, 0.3) is 0 Å². The Kier molecular flexibility index (Phi) is 3.02. The van der Waals surface area contributed by atoms with Gasteiger partial charge in [-0.1, -0.05) is 29.4 Å². The number of aliphatic hydroxyl groups excluding tert-OH is 1. The van der Waals surface area contributed by atoms with E-state index in [1.165, 1.54) is 11.1 Å². The Morgan fingerprint density at radius 3 is 3.11 bits per heavy atom. The summed E-state index contributed by atoms with van der Waals surface area (Å²) in [5.74, 6) is 1.25. The molecule has 5 nitrogen and oxygen atoms in total. The van der Waals surface area contributed by atoms with Crippen LogP contribution in [0.25, 0.3) is 0 Å². The number of nitriles is 1. The fourth-order valence-electron chi connectivity index (χ4n) is 2.36. The van der Waals surface area contributed by atoms with Gasteiger partial charge in [-0.3, -0.25) is 0 Å². The molecular formula is C14H13N3O2. The summed E-state index contributed by atoms with van der Waals surface area (Å²) in [4.78, 5) is 4.31. The van der Waals surface area contributed by atoms with E-state index in [-0.39, 0.29) is 18.8 Å². The Bertz CT molecular complexity index is 630. The second kappa shape index (κ2) is 4.82. The molecule has 0 bridgehead atoms. The van der Waals surface area contributed by atoms with Gasteiger partial charge in [-0.2, -0.15) is 10.2 Å². The molecule has 19 heavy (non-hydrogen) atoms. The summed E-state index contributed by atoms with van der Waals surface area (Å²) in [6, 6.07) is 10.1. The van der Waals surface area contributed by atoms with Crippen LogP contribution in [-0.2, 0) is 12.8 Å². The maximum atomic E-state index is 9.53. The zero-order chi connectivity index (χ0) is 13.2. The van der Waals surface area contributed by atoms with Crippen molar-refractivity contribution in [3.63, 3.8) is 0 Å². The largest absolute Gasteiger partial charge is 0.392 e. The average molecular weight is 255 g/mol. The first-order valence-electron chi connectivity index (χ1n) is 6.23. The molecule has 0 aliphatic heterocycles. The summed E-state index contributed by atoms with van der Waals surface area (Å²) < 4.78 is 5.12. The second-order valence-electron chi connectivity index (χ2n) is 4.72. The van der Waals surface area contributed by atoms with Gasteiger partial charge in [-0.25, -0.2) is 0 Å². The van der Waals surface area contributed by atoms with Gasteiger partial charge < -0.3 is 9.63 Å². The highest BCUT2D eigenvalue weighted by atomic mass is 16.5. The molecule has 96 valence electrons. The van der Waals surface area contributed by atoms with Gasteiger partial charge in [0.2, 0.25) is 5.89 Å². The van der Waals surface area contributed by atoms with E-state index in [0.717, 1.165) is 6.42 Å².